The van der Waals surface area contributed by atoms with Crippen LogP contribution in [0.15, 0.2) is 127 Å². The molecule has 228 valence electrons. The van der Waals surface area contributed by atoms with Crippen LogP contribution in [0.3, 0.4) is 0 Å². The Morgan fingerprint density at radius 3 is 0.812 bits per heavy atom. The van der Waals surface area contributed by atoms with Gasteiger partial charge >= 0.3 is 0 Å². The standard InChI is InChI=1S/C45H30O3/c1-46-31-13-4-25(5-14-31)37-22-28-11-20-35-39(27-8-17-33(48-3)18-9-27)24-30-12-21-36-38(26-6-15-32(47-2)16-7-26)23-29-10-19-34(37)43-40(28)44(35)42(30)45(36)41(29)43/h4-24H,1-3H3. The highest BCUT2D eigenvalue weighted by atomic mass is 16.5. The largest absolute Gasteiger partial charge is 0.497 e. The molecule has 3 nitrogen and oxygen atoms in total. The Bertz CT molecular complexity index is 2450. The van der Waals surface area contributed by atoms with Crippen LogP contribution in [-0.4, -0.2) is 21.3 Å². The Morgan fingerprint density at radius 2 is 0.562 bits per heavy atom. The highest BCUT2D eigenvalue weighted by Crippen LogP contribution is 2.53. The van der Waals surface area contributed by atoms with E-state index in [2.05, 4.69) is 127 Å². The van der Waals surface area contributed by atoms with Gasteiger partial charge in [0.15, 0.2) is 0 Å². The van der Waals surface area contributed by atoms with E-state index < -0.39 is 0 Å². The van der Waals surface area contributed by atoms with Crippen LogP contribution in [0, 0.1) is 0 Å². The van der Waals surface area contributed by atoms with Gasteiger partial charge in [-0.2, -0.15) is 0 Å². The fourth-order valence-corrected chi connectivity index (χ4v) is 8.21. The van der Waals surface area contributed by atoms with Crippen LogP contribution in [0.2, 0.25) is 0 Å². The second-order valence-electron chi connectivity index (χ2n) is 12.7. The lowest BCUT2D eigenvalue weighted by Crippen LogP contribution is -1.96. The number of benzene rings is 10. The van der Waals surface area contributed by atoms with E-state index in [4.69, 9.17) is 14.2 Å². The molecule has 0 saturated carbocycles. The third kappa shape index (κ3) is 3.64. The molecule has 0 aliphatic rings. The molecule has 0 amide bonds. The van der Waals surface area contributed by atoms with Gasteiger partial charge in [-0.05, 0) is 153 Å². The summed E-state index contributed by atoms with van der Waals surface area (Å²) in [6, 6.07) is 46.5. The molecule has 0 aliphatic heterocycles. The molecular weight excluding hydrogens is 588 g/mol. The maximum atomic E-state index is 5.51. The molecule has 0 saturated heterocycles. The van der Waals surface area contributed by atoms with Crippen molar-refractivity contribution < 1.29 is 14.2 Å². The van der Waals surface area contributed by atoms with E-state index in [1.807, 2.05) is 0 Å². The van der Waals surface area contributed by atoms with Crippen molar-refractivity contribution in [1.29, 1.82) is 0 Å². The molecule has 10 aromatic rings. The van der Waals surface area contributed by atoms with Crippen molar-refractivity contribution in [3.05, 3.63) is 127 Å². The van der Waals surface area contributed by atoms with Crippen molar-refractivity contribution in [2.45, 2.75) is 0 Å². The number of hydrogen-bond acceptors (Lipinski definition) is 3. The van der Waals surface area contributed by atoms with E-state index in [-0.39, 0.29) is 0 Å². The van der Waals surface area contributed by atoms with Gasteiger partial charge in [-0.3, -0.25) is 0 Å². The molecule has 3 heteroatoms. The van der Waals surface area contributed by atoms with Gasteiger partial charge in [0.1, 0.15) is 17.2 Å². The second-order valence-corrected chi connectivity index (χ2v) is 12.7. The lowest BCUT2D eigenvalue weighted by molar-refractivity contribution is 0.415. The van der Waals surface area contributed by atoms with E-state index in [1.165, 1.54) is 98.0 Å². The topological polar surface area (TPSA) is 27.7 Å². The van der Waals surface area contributed by atoms with Crippen molar-refractivity contribution in [2.24, 2.45) is 0 Å². The number of methoxy groups -OCH3 is 3. The number of ether oxygens (including phenoxy) is 3. The summed E-state index contributed by atoms with van der Waals surface area (Å²) in [4.78, 5) is 0. The zero-order chi connectivity index (χ0) is 32.1. The maximum absolute atomic E-state index is 5.51. The van der Waals surface area contributed by atoms with E-state index in [1.54, 1.807) is 21.3 Å². The Balaban J connectivity index is 1.40. The summed E-state index contributed by atoms with van der Waals surface area (Å²) < 4.78 is 16.5. The molecule has 0 bridgehead atoms. The first kappa shape index (κ1) is 27.1. The smallest absolute Gasteiger partial charge is 0.118 e. The van der Waals surface area contributed by atoms with Crippen LogP contribution in [0.5, 0.6) is 17.2 Å². The first-order valence-electron chi connectivity index (χ1n) is 16.3. The summed E-state index contributed by atoms with van der Waals surface area (Å²) in [6.07, 6.45) is 0. The van der Waals surface area contributed by atoms with Crippen LogP contribution in [-0.2, 0) is 0 Å². The highest BCUT2D eigenvalue weighted by Gasteiger charge is 2.25. The van der Waals surface area contributed by atoms with Gasteiger partial charge in [0.05, 0.1) is 21.3 Å². The number of rotatable bonds is 6. The molecule has 10 rings (SSSR count). The number of hydrogen-bond donors (Lipinski definition) is 0. The highest BCUT2D eigenvalue weighted by molar-refractivity contribution is 6.47. The predicted octanol–water partition coefficient (Wildman–Crippen LogP) is 11.9. The zero-order valence-electron chi connectivity index (χ0n) is 26.8. The summed E-state index contributed by atoms with van der Waals surface area (Å²) in [7, 11) is 5.15. The van der Waals surface area contributed by atoms with Crippen molar-refractivity contribution in [3.8, 4) is 50.6 Å². The zero-order valence-corrected chi connectivity index (χ0v) is 26.8. The molecule has 0 unspecified atom stereocenters. The van der Waals surface area contributed by atoms with Crippen molar-refractivity contribution in [3.63, 3.8) is 0 Å². The molecule has 0 aromatic heterocycles. The molecule has 0 spiro atoms. The fraction of sp³-hybridized carbons (Fsp3) is 0.0667. The van der Waals surface area contributed by atoms with Crippen LogP contribution in [0.4, 0.5) is 0 Å². The SMILES string of the molecule is COc1ccc(-c2cc3ccc4c(-c5ccc(OC)cc5)cc5ccc6c(-c7ccc(OC)cc7)cc7ccc2c2c7c6c5c4c32)cc1. The molecule has 0 heterocycles. The molecule has 0 atom stereocenters. The Kier molecular flexibility index (Phi) is 5.63. The first-order chi connectivity index (χ1) is 23.6. The predicted molar refractivity (Wildman–Crippen MR) is 201 cm³/mol. The summed E-state index contributed by atoms with van der Waals surface area (Å²) >= 11 is 0. The molecule has 48 heavy (non-hydrogen) atoms. The van der Waals surface area contributed by atoms with Crippen molar-refractivity contribution in [1.82, 2.24) is 0 Å². The lowest BCUT2D eigenvalue weighted by atomic mass is 9.78. The van der Waals surface area contributed by atoms with E-state index in [0.29, 0.717) is 0 Å². The molecule has 10 aromatic carbocycles. The van der Waals surface area contributed by atoms with Gasteiger partial charge in [0.2, 0.25) is 0 Å². The van der Waals surface area contributed by atoms with E-state index in [0.717, 1.165) is 17.2 Å². The maximum Gasteiger partial charge on any atom is 0.118 e. The van der Waals surface area contributed by atoms with Gasteiger partial charge in [-0.15, -0.1) is 0 Å². The molecular formula is C45H30O3. The average molecular weight is 619 g/mol. The molecule has 0 N–H and O–H groups in total. The normalized spacial score (nSPS) is 12.1. The van der Waals surface area contributed by atoms with E-state index >= 15 is 0 Å². The molecule has 0 aliphatic carbocycles. The Hall–Kier alpha value is -6.06. The van der Waals surface area contributed by atoms with E-state index in [9.17, 15) is 0 Å². The Morgan fingerprint density at radius 1 is 0.292 bits per heavy atom. The third-order valence-electron chi connectivity index (χ3n) is 10.4. The van der Waals surface area contributed by atoms with Crippen LogP contribution < -0.4 is 14.2 Å². The van der Waals surface area contributed by atoms with Gasteiger partial charge in [-0.25, -0.2) is 0 Å². The summed E-state index contributed by atoms with van der Waals surface area (Å²) in [5.41, 5.74) is 7.24. The van der Waals surface area contributed by atoms with Crippen molar-refractivity contribution >= 4 is 64.6 Å². The quantitative estimate of drug-likeness (QED) is 0.137. The van der Waals surface area contributed by atoms with Gasteiger partial charge < -0.3 is 14.2 Å². The Labute approximate surface area is 277 Å². The van der Waals surface area contributed by atoms with Crippen molar-refractivity contribution in [2.75, 3.05) is 21.3 Å². The van der Waals surface area contributed by atoms with Gasteiger partial charge in [-0.1, -0.05) is 72.8 Å². The lowest BCUT2D eigenvalue weighted by Gasteiger charge is -2.24. The molecule has 0 fully saturated rings. The van der Waals surface area contributed by atoms with Gasteiger partial charge in [0.25, 0.3) is 0 Å². The third-order valence-corrected chi connectivity index (χ3v) is 10.4. The van der Waals surface area contributed by atoms with Crippen LogP contribution >= 0.6 is 0 Å². The average Bonchev–Trinajstić information content (AvgIpc) is 3.16. The summed E-state index contributed by atoms with van der Waals surface area (Å²) in [6.45, 7) is 0. The molecule has 0 radical (unpaired) electrons. The van der Waals surface area contributed by atoms with Crippen LogP contribution in [0.25, 0.3) is 98.0 Å². The second kappa shape index (κ2) is 9.97. The first-order valence-corrected chi connectivity index (χ1v) is 16.3. The summed E-state index contributed by atoms with van der Waals surface area (Å²) in [5, 5.41) is 15.6. The van der Waals surface area contributed by atoms with Crippen LogP contribution in [0.1, 0.15) is 0 Å². The fourth-order valence-electron chi connectivity index (χ4n) is 8.21. The minimum atomic E-state index is 0.858. The van der Waals surface area contributed by atoms with Gasteiger partial charge in [0, 0.05) is 0 Å². The minimum Gasteiger partial charge on any atom is -0.497 e. The summed E-state index contributed by atoms with van der Waals surface area (Å²) in [5.74, 6) is 2.57. The monoisotopic (exact) mass is 618 g/mol. The minimum absolute atomic E-state index is 0.858.